The highest BCUT2D eigenvalue weighted by Gasteiger charge is 2.09. The van der Waals surface area contributed by atoms with Crippen LogP contribution in [0.1, 0.15) is 31.4 Å². The minimum atomic E-state index is -2.96. The molecule has 2 aromatic rings. The Morgan fingerprint density at radius 3 is 2.33 bits per heavy atom. The van der Waals surface area contributed by atoms with Crippen LogP contribution in [-0.2, 0) is 23.0 Å². The summed E-state index contributed by atoms with van der Waals surface area (Å²) < 4.78 is 28.5. The number of benzene rings is 2. The van der Waals surface area contributed by atoms with Crippen molar-refractivity contribution in [1.82, 2.24) is 10.6 Å². The Balaban J connectivity index is 0.00000450. The smallest absolute Gasteiger partial charge is 0.191 e. The van der Waals surface area contributed by atoms with E-state index in [0.717, 1.165) is 23.4 Å². The van der Waals surface area contributed by atoms with Crippen molar-refractivity contribution in [2.45, 2.75) is 39.5 Å². The molecule has 30 heavy (non-hydrogen) atoms. The van der Waals surface area contributed by atoms with Crippen molar-refractivity contribution in [3.8, 4) is 5.75 Å². The summed E-state index contributed by atoms with van der Waals surface area (Å²) in [5.41, 5.74) is 2.20. The molecule has 6 nitrogen and oxygen atoms in total. The number of ether oxygens (including phenoxy) is 1. The van der Waals surface area contributed by atoms with Crippen LogP contribution in [-0.4, -0.2) is 39.0 Å². The van der Waals surface area contributed by atoms with Gasteiger partial charge in [0, 0.05) is 18.8 Å². The Morgan fingerprint density at radius 2 is 1.73 bits per heavy atom. The van der Waals surface area contributed by atoms with Crippen LogP contribution in [0, 0.1) is 0 Å². The van der Waals surface area contributed by atoms with Crippen LogP contribution >= 0.6 is 24.0 Å². The average Bonchev–Trinajstić information content (AvgIpc) is 2.70. The molecule has 1 unspecified atom stereocenters. The van der Waals surface area contributed by atoms with Gasteiger partial charge in [-0.15, -0.1) is 24.0 Å². The second kappa shape index (κ2) is 13.5. The number of aliphatic imine (C=N–C) groups is 1. The topological polar surface area (TPSA) is 79.8 Å². The van der Waals surface area contributed by atoms with Crippen LogP contribution in [0.5, 0.6) is 5.75 Å². The highest BCUT2D eigenvalue weighted by Crippen LogP contribution is 2.15. The Hall–Kier alpha value is -1.81. The quantitative estimate of drug-likeness (QED) is 0.270. The third-order valence-electron chi connectivity index (χ3n) is 4.24. The molecule has 2 rings (SSSR count). The van der Waals surface area contributed by atoms with E-state index >= 15 is 0 Å². The van der Waals surface area contributed by atoms with Crippen LogP contribution in [0.2, 0.25) is 0 Å². The molecular weight excluding hydrogens is 513 g/mol. The zero-order valence-corrected chi connectivity index (χ0v) is 20.9. The van der Waals surface area contributed by atoms with Gasteiger partial charge in [0.2, 0.25) is 0 Å². The van der Waals surface area contributed by atoms with E-state index in [4.69, 9.17) is 4.74 Å². The Morgan fingerprint density at radius 1 is 1.07 bits per heavy atom. The number of hydrogen-bond donors (Lipinski definition) is 2. The molecule has 2 N–H and O–H groups in total. The van der Waals surface area contributed by atoms with Crippen molar-refractivity contribution in [1.29, 1.82) is 0 Å². The third kappa shape index (κ3) is 10.8. The minimum absolute atomic E-state index is 0. The molecular formula is C22H32IN3O3S. The van der Waals surface area contributed by atoms with E-state index < -0.39 is 9.84 Å². The van der Waals surface area contributed by atoms with Crippen molar-refractivity contribution in [2.75, 3.05) is 18.6 Å². The summed E-state index contributed by atoms with van der Waals surface area (Å²) in [7, 11) is -2.96. The molecule has 0 heterocycles. The third-order valence-corrected chi connectivity index (χ3v) is 5.22. The first-order valence-electron chi connectivity index (χ1n) is 9.84. The van der Waals surface area contributed by atoms with E-state index in [1.165, 1.54) is 6.26 Å². The molecule has 0 aliphatic carbocycles. The number of halogens is 1. The largest absolute Gasteiger partial charge is 0.489 e. The van der Waals surface area contributed by atoms with Crippen molar-refractivity contribution in [2.24, 2.45) is 4.99 Å². The summed E-state index contributed by atoms with van der Waals surface area (Å²) in [6.45, 7) is 5.75. The average molecular weight is 545 g/mol. The molecule has 0 radical (unpaired) electrons. The van der Waals surface area contributed by atoms with Crippen molar-refractivity contribution >= 4 is 39.8 Å². The molecule has 0 saturated heterocycles. The molecule has 8 heteroatoms. The van der Waals surface area contributed by atoms with Gasteiger partial charge >= 0.3 is 0 Å². The monoisotopic (exact) mass is 545 g/mol. The number of sulfone groups is 1. The Bertz CT molecular complexity index is 872. The fourth-order valence-corrected chi connectivity index (χ4v) is 3.40. The maximum Gasteiger partial charge on any atom is 0.191 e. The fourth-order valence-electron chi connectivity index (χ4n) is 2.62. The van der Waals surface area contributed by atoms with Gasteiger partial charge in [-0.05, 0) is 43.5 Å². The first-order valence-corrected chi connectivity index (χ1v) is 11.9. The lowest BCUT2D eigenvalue weighted by atomic mass is 10.2. The van der Waals surface area contributed by atoms with Crippen LogP contribution < -0.4 is 15.4 Å². The van der Waals surface area contributed by atoms with Crippen LogP contribution in [0.3, 0.4) is 0 Å². The predicted octanol–water partition coefficient (Wildman–Crippen LogP) is 3.76. The highest BCUT2D eigenvalue weighted by molar-refractivity contribution is 14.0. The van der Waals surface area contributed by atoms with E-state index in [2.05, 4.69) is 15.6 Å². The predicted molar refractivity (Wildman–Crippen MR) is 134 cm³/mol. The molecule has 0 aromatic heterocycles. The maximum absolute atomic E-state index is 11.3. The number of guanidine groups is 1. The maximum atomic E-state index is 11.3. The van der Waals surface area contributed by atoms with Crippen LogP contribution in [0.25, 0.3) is 0 Å². The summed E-state index contributed by atoms with van der Waals surface area (Å²) in [6, 6.07) is 18.0. The van der Waals surface area contributed by atoms with Gasteiger partial charge in [0.05, 0.1) is 12.3 Å². The SMILES string of the molecule is CCNC(=NCc1ccc(OCc2ccccc2)cc1)NC(C)CCS(C)(=O)=O.I. The minimum Gasteiger partial charge on any atom is -0.489 e. The van der Waals surface area contributed by atoms with Gasteiger partial charge in [0.15, 0.2) is 5.96 Å². The molecule has 166 valence electrons. The summed E-state index contributed by atoms with van der Waals surface area (Å²) in [5, 5.41) is 6.46. The summed E-state index contributed by atoms with van der Waals surface area (Å²) in [4.78, 5) is 4.60. The Labute approximate surface area is 197 Å². The zero-order chi connectivity index (χ0) is 21.1. The lowest BCUT2D eigenvalue weighted by Crippen LogP contribution is -2.42. The molecule has 0 aliphatic rings. The lowest BCUT2D eigenvalue weighted by Gasteiger charge is -2.17. The number of nitrogens with zero attached hydrogens (tertiary/aromatic N) is 1. The fraction of sp³-hybridized carbons (Fsp3) is 0.409. The van der Waals surface area contributed by atoms with E-state index in [1.54, 1.807) is 0 Å². The number of nitrogens with one attached hydrogen (secondary N) is 2. The lowest BCUT2D eigenvalue weighted by molar-refractivity contribution is 0.306. The van der Waals surface area contributed by atoms with Gasteiger partial charge in [-0.25, -0.2) is 13.4 Å². The molecule has 0 bridgehead atoms. The van der Waals surface area contributed by atoms with E-state index in [9.17, 15) is 8.42 Å². The normalized spacial score (nSPS) is 12.6. The van der Waals surface area contributed by atoms with E-state index in [-0.39, 0.29) is 35.8 Å². The molecule has 0 aliphatic heterocycles. The highest BCUT2D eigenvalue weighted by atomic mass is 127. The van der Waals surface area contributed by atoms with Crippen LogP contribution in [0.15, 0.2) is 59.6 Å². The van der Waals surface area contributed by atoms with Crippen LogP contribution in [0.4, 0.5) is 0 Å². The second-order valence-electron chi connectivity index (χ2n) is 7.08. The molecule has 2 aromatic carbocycles. The first-order chi connectivity index (χ1) is 13.9. The van der Waals surface area contributed by atoms with Crippen molar-refractivity contribution in [3.05, 3.63) is 65.7 Å². The second-order valence-corrected chi connectivity index (χ2v) is 9.34. The molecule has 0 amide bonds. The molecule has 0 saturated carbocycles. The number of hydrogen-bond acceptors (Lipinski definition) is 4. The molecule has 0 spiro atoms. The van der Waals surface area contributed by atoms with Gasteiger partial charge in [-0.3, -0.25) is 0 Å². The van der Waals surface area contributed by atoms with E-state index in [1.807, 2.05) is 68.4 Å². The standard InChI is InChI=1S/C22H31N3O3S.HI/c1-4-23-22(25-18(2)14-15-29(3,26)27)24-16-19-10-12-21(13-11-19)28-17-20-8-6-5-7-9-20;/h5-13,18H,4,14-17H2,1-3H3,(H2,23,24,25);1H. The summed E-state index contributed by atoms with van der Waals surface area (Å²) in [5.74, 6) is 1.66. The zero-order valence-electron chi connectivity index (χ0n) is 17.8. The van der Waals surface area contributed by atoms with Crippen molar-refractivity contribution < 1.29 is 13.2 Å². The first kappa shape index (κ1) is 26.2. The summed E-state index contributed by atoms with van der Waals surface area (Å²) >= 11 is 0. The van der Waals surface area contributed by atoms with Crippen molar-refractivity contribution in [3.63, 3.8) is 0 Å². The Kier molecular flexibility index (Phi) is 11.8. The van der Waals surface area contributed by atoms with Gasteiger partial charge < -0.3 is 15.4 Å². The van der Waals surface area contributed by atoms with Gasteiger partial charge in [-0.1, -0.05) is 42.5 Å². The van der Waals surface area contributed by atoms with Gasteiger partial charge in [-0.2, -0.15) is 0 Å². The molecule has 0 fully saturated rings. The van der Waals surface area contributed by atoms with Gasteiger partial charge in [0.1, 0.15) is 22.2 Å². The van der Waals surface area contributed by atoms with E-state index in [0.29, 0.717) is 25.5 Å². The summed E-state index contributed by atoms with van der Waals surface area (Å²) in [6.07, 6.45) is 1.79. The molecule has 1 atom stereocenters. The number of rotatable bonds is 10. The van der Waals surface area contributed by atoms with Gasteiger partial charge in [0.25, 0.3) is 0 Å².